The summed E-state index contributed by atoms with van der Waals surface area (Å²) in [5.74, 6) is 0.562. The molecule has 0 aromatic carbocycles. The van der Waals surface area contributed by atoms with Crippen molar-refractivity contribution in [3.8, 4) is 5.88 Å². The number of carbonyl (C=O) groups is 1. The molecular weight excluding hydrogens is 294 g/mol. The number of nitrogens with zero attached hydrogens (tertiary/aromatic N) is 3. The molecule has 1 atom stereocenters. The second-order valence-electron chi connectivity index (χ2n) is 6.91. The van der Waals surface area contributed by atoms with Crippen LogP contribution < -0.4 is 4.74 Å². The summed E-state index contributed by atoms with van der Waals surface area (Å²) in [4.78, 5) is 22.5. The molecule has 0 aliphatic carbocycles. The summed E-state index contributed by atoms with van der Waals surface area (Å²) in [6.45, 7) is 8.82. The molecule has 0 N–H and O–H groups in total. The molecule has 128 valence electrons. The predicted molar refractivity (Wildman–Crippen MR) is 87.5 cm³/mol. The summed E-state index contributed by atoms with van der Waals surface area (Å²) in [5, 5.41) is 0. The van der Waals surface area contributed by atoms with Gasteiger partial charge in [0.05, 0.1) is 12.3 Å². The number of carbonyl (C=O) groups excluding carboxylic acids is 1. The van der Waals surface area contributed by atoms with Gasteiger partial charge in [-0.05, 0) is 47.0 Å². The summed E-state index contributed by atoms with van der Waals surface area (Å²) >= 11 is 0. The van der Waals surface area contributed by atoms with Crippen molar-refractivity contribution >= 4 is 6.09 Å². The minimum atomic E-state index is -0.466. The van der Waals surface area contributed by atoms with Crippen molar-refractivity contribution in [3.05, 3.63) is 18.1 Å². The molecule has 1 aliphatic rings. The normalized spacial score (nSPS) is 18.6. The van der Waals surface area contributed by atoms with Crippen LogP contribution in [-0.4, -0.2) is 45.8 Å². The molecular formula is C17H27N3O3. The molecule has 1 saturated heterocycles. The highest BCUT2D eigenvalue weighted by atomic mass is 16.6. The smallest absolute Gasteiger partial charge is 0.410 e. The highest BCUT2D eigenvalue weighted by Crippen LogP contribution is 2.23. The van der Waals surface area contributed by atoms with E-state index in [4.69, 9.17) is 9.47 Å². The van der Waals surface area contributed by atoms with E-state index >= 15 is 0 Å². The number of aryl methyl sites for hydroxylation is 1. The second kappa shape index (κ2) is 7.62. The van der Waals surface area contributed by atoms with E-state index in [0.717, 1.165) is 37.9 Å². The van der Waals surface area contributed by atoms with E-state index < -0.39 is 5.60 Å². The van der Waals surface area contributed by atoms with Gasteiger partial charge in [0.1, 0.15) is 5.60 Å². The van der Waals surface area contributed by atoms with Crippen LogP contribution in [0.4, 0.5) is 4.79 Å². The maximum absolute atomic E-state index is 12.4. The lowest BCUT2D eigenvalue weighted by molar-refractivity contribution is 0.00736. The Labute approximate surface area is 138 Å². The largest absolute Gasteiger partial charge is 0.476 e. The Morgan fingerprint density at radius 1 is 1.30 bits per heavy atom. The zero-order valence-electron chi connectivity index (χ0n) is 14.5. The monoisotopic (exact) mass is 321 g/mol. The SMILES string of the molecule is Cc1nccnc1OCC[C@@H]1CCCCN1C(=O)OC(C)(C)C. The maximum atomic E-state index is 12.4. The number of ether oxygens (including phenoxy) is 2. The third-order valence-electron chi connectivity index (χ3n) is 3.78. The van der Waals surface area contributed by atoms with Crippen LogP contribution in [0.5, 0.6) is 5.88 Å². The molecule has 2 rings (SSSR count). The van der Waals surface area contributed by atoms with Gasteiger partial charge in [0, 0.05) is 31.4 Å². The van der Waals surface area contributed by atoms with Gasteiger partial charge in [0.15, 0.2) is 0 Å². The lowest BCUT2D eigenvalue weighted by Crippen LogP contribution is -2.46. The molecule has 1 fully saturated rings. The Hall–Kier alpha value is -1.85. The van der Waals surface area contributed by atoms with Crippen molar-refractivity contribution in [2.24, 2.45) is 0 Å². The molecule has 1 aliphatic heterocycles. The summed E-state index contributed by atoms with van der Waals surface area (Å²) in [6.07, 6.45) is 6.97. The van der Waals surface area contributed by atoms with E-state index in [1.165, 1.54) is 0 Å². The van der Waals surface area contributed by atoms with Gasteiger partial charge in [-0.2, -0.15) is 0 Å². The van der Waals surface area contributed by atoms with Crippen LogP contribution in [-0.2, 0) is 4.74 Å². The second-order valence-corrected chi connectivity index (χ2v) is 6.91. The van der Waals surface area contributed by atoms with Crippen LogP contribution in [0.1, 0.15) is 52.1 Å². The van der Waals surface area contributed by atoms with E-state index in [2.05, 4.69) is 9.97 Å². The highest BCUT2D eigenvalue weighted by molar-refractivity contribution is 5.68. The lowest BCUT2D eigenvalue weighted by atomic mass is 10.0. The Morgan fingerprint density at radius 2 is 2.04 bits per heavy atom. The van der Waals surface area contributed by atoms with Gasteiger partial charge in [0.25, 0.3) is 0 Å². The first kappa shape index (κ1) is 17.5. The Bertz CT molecular complexity index is 528. The van der Waals surface area contributed by atoms with E-state index in [1.54, 1.807) is 12.4 Å². The molecule has 0 saturated carbocycles. The van der Waals surface area contributed by atoms with Crippen LogP contribution >= 0.6 is 0 Å². The average molecular weight is 321 g/mol. The first-order chi connectivity index (χ1) is 10.9. The molecule has 23 heavy (non-hydrogen) atoms. The third kappa shape index (κ3) is 5.37. The van der Waals surface area contributed by atoms with Gasteiger partial charge >= 0.3 is 6.09 Å². The van der Waals surface area contributed by atoms with Crippen LogP contribution in [0.3, 0.4) is 0 Å². The van der Waals surface area contributed by atoms with Crippen molar-refractivity contribution in [2.75, 3.05) is 13.2 Å². The van der Waals surface area contributed by atoms with E-state index in [0.29, 0.717) is 12.5 Å². The Kier molecular flexibility index (Phi) is 5.80. The first-order valence-corrected chi connectivity index (χ1v) is 8.27. The summed E-state index contributed by atoms with van der Waals surface area (Å²) in [5.41, 5.74) is 0.312. The number of piperidine rings is 1. The minimum Gasteiger partial charge on any atom is -0.476 e. The van der Waals surface area contributed by atoms with Gasteiger partial charge in [-0.1, -0.05) is 0 Å². The maximum Gasteiger partial charge on any atom is 0.410 e. The van der Waals surface area contributed by atoms with E-state index in [1.807, 2.05) is 32.6 Å². The van der Waals surface area contributed by atoms with Crippen LogP contribution in [0.15, 0.2) is 12.4 Å². The average Bonchev–Trinajstić information content (AvgIpc) is 2.48. The number of hydrogen-bond donors (Lipinski definition) is 0. The zero-order chi connectivity index (χ0) is 16.9. The summed E-state index contributed by atoms with van der Waals surface area (Å²) in [6, 6.07) is 0.163. The fourth-order valence-electron chi connectivity index (χ4n) is 2.69. The molecule has 0 bridgehead atoms. The summed E-state index contributed by atoms with van der Waals surface area (Å²) < 4.78 is 11.2. The zero-order valence-corrected chi connectivity index (χ0v) is 14.5. The third-order valence-corrected chi connectivity index (χ3v) is 3.78. The quantitative estimate of drug-likeness (QED) is 0.851. The Morgan fingerprint density at radius 3 is 2.74 bits per heavy atom. The Balaban J connectivity index is 1.89. The molecule has 0 spiro atoms. The molecule has 1 aromatic rings. The van der Waals surface area contributed by atoms with Crippen molar-refractivity contribution in [1.82, 2.24) is 14.9 Å². The fourth-order valence-corrected chi connectivity index (χ4v) is 2.69. The number of rotatable bonds is 4. The molecule has 1 aromatic heterocycles. The van der Waals surface area contributed by atoms with Crippen LogP contribution in [0.2, 0.25) is 0 Å². The molecule has 2 heterocycles. The molecule has 0 unspecified atom stereocenters. The van der Waals surface area contributed by atoms with Gasteiger partial charge < -0.3 is 14.4 Å². The molecule has 1 amide bonds. The number of aromatic nitrogens is 2. The van der Waals surface area contributed by atoms with Gasteiger partial charge in [0.2, 0.25) is 5.88 Å². The molecule has 6 nitrogen and oxygen atoms in total. The lowest BCUT2D eigenvalue weighted by Gasteiger charge is -2.36. The van der Waals surface area contributed by atoms with Crippen molar-refractivity contribution in [2.45, 2.75) is 65.0 Å². The van der Waals surface area contributed by atoms with Gasteiger partial charge in [-0.25, -0.2) is 9.78 Å². The molecule has 6 heteroatoms. The van der Waals surface area contributed by atoms with E-state index in [-0.39, 0.29) is 12.1 Å². The van der Waals surface area contributed by atoms with E-state index in [9.17, 15) is 4.79 Å². The van der Waals surface area contributed by atoms with Gasteiger partial charge in [-0.15, -0.1) is 0 Å². The number of likely N-dealkylation sites (tertiary alicyclic amines) is 1. The standard InChI is InChI=1S/C17H27N3O3/c1-13-15(19-10-9-18-13)22-12-8-14-7-5-6-11-20(14)16(21)23-17(2,3)4/h9-10,14H,5-8,11-12H2,1-4H3/t14-/m0/s1. The van der Waals surface area contributed by atoms with Crippen molar-refractivity contribution in [1.29, 1.82) is 0 Å². The molecule has 0 radical (unpaired) electrons. The topological polar surface area (TPSA) is 64.6 Å². The highest BCUT2D eigenvalue weighted by Gasteiger charge is 2.30. The van der Waals surface area contributed by atoms with Crippen molar-refractivity contribution in [3.63, 3.8) is 0 Å². The predicted octanol–water partition coefficient (Wildman–Crippen LogP) is 3.34. The minimum absolute atomic E-state index is 0.163. The van der Waals surface area contributed by atoms with Gasteiger partial charge in [-0.3, -0.25) is 4.98 Å². The van der Waals surface area contributed by atoms with Crippen molar-refractivity contribution < 1.29 is 14.3 Å². The number of hydrogen-bond acceptors (Lipinski definition) is 5. The van der Waals surface area contributed by atoms with Crippen LogP contribution in [0, 0.1) is 6.92 Å². The first-order valence-electron chi connectivity index (χ1n) is 8.27. The number of amides is 1. The fraction of sp³-hybridized carbons (Fsp3) is 0.706. The van der Waals surface area contributed by atoms with Crippen LogP contribution in [0.25, 0.3) is 0 Å². The summed E-state index contributed by atoms with van der Waals surface area (Å²) in [7, 11) is 0.